The van der Waals surface area contributed by atoms with E-state index in [0.29, 0.717) is 5.69 Å². The van der Waals surface area contributed by atoms with Crippen molar-refractivity contribution in [1.82, 2.24) is 0 Å². The van der Waals surface area contributed by atoms with Crippen LogP contribution < -0.4 is 9.62 Å². The Hall–Kier alpha value is -3.10. The van der Waals surface area contributed by atoms with Crippen molar-refractivity contribution in [2.75, 3.05) is 16.7 Å². The Morgan fingerprint density at radius 1 is 1.07 bits per heavy atom. The van der Waals surface area contributed by atoms with Gasteiger partial charge in [0.1, 0.15) is 11.6 Å². The summed E-state index contributed by atoms with van der Waals surface area (Å²) in [6.45, 7) is 0. The molecule has 0 spiro atoms. The number of benzene rings is 3. The highest BCUT2D eigenvalue weighted by atomic mass is 35.5. The third-order valence-corrected chi connectivity index (χ3v) is 6.25. The molecule has 0 bridgehead atoms. The number of carbonyl (C=O) groups excluding carboxylic acids is 1. The molecule has 6 nitrogen and oxygen atoms in total. The second-order valence-corrected chi connectivity index (χ2v) is 8.47. The Bertz CT molecular complexity index is 1170. The summed E-state index contributed by atoms with van der Waals surface area (Å²) in [4.78, 5) is 12.4. The number of sulfonamides is 1. The number of halogens is 2. The summed E-state index contributed by atoms with van der Waals surface area (Å²) >= 11 is 6.09. The minimum Gasteiger partial charge on any atom is -0.508 e. The molecule has 0 saturated heterocycles. The van der Waals surface area contributed by atoms with Crippen molar-refractivity contribution in [1.29, 1.82) is 0 Å². The molecule has 0 unspecified atom stereocenters. The first kappa shape index (κ1) is 20.6. The van der Waals surface area contributed by atoms with Gasteiger partial charge in [-0.1, -0.05) is 17.7 Å². The van der Waals surface area contributed by atoms with Crippen LogP contribution in [0.25, 0.3) is 0 Å². The SMILES string of the molecule is CN(c1ccc(F)cc1)S(=O)(=O)c1ccc(Cl)c(C(=O)Nc2cccc(O)c2)c1. The van der Waals surface area contributed by atoms with Gasteiger partial charge in [-0.25, -0.2) is 12.8 Å². The zero-order valence-electron chi connectivity index (χ0n) is 15.1. The Labute approximate surface area is 172 Å². The van der Waals surface area contributed by atoms with Crippen molar-refractivity contribution in [3.8, 4) is 5.75 Å². The third-order valence-electron chi connectivity index (χ3n) is 4.14. The Balaban J connectivity index is 1.93. The first-order chi connectivity index (χ1) is 13.7. The van der Waals surface area contributed by atoms with E-state index in [2.05, 4.69) is 5.32 Å². The molecule has 29 heavy (non-hydrogen) atoms. The number of rotatable bonds is 5. The van der Waals surface area contributed by atoms with Crippen LogP contribution in [-0.2, 0) is 10.0 Å². The van der Waals surface area contributed by atoms with Crippen molar-refractivity contribution in [3.63, 3.8) is 0 Å². The van der Waals surface area contributed by atoms with E-state index in [0.717, 1.165) is 22.5 Å². The molecule has 0 aliphatic rings. The number of phenols is 1. The number of nitrogens with zero attached hydrogens (tertiary/aromatic N) is 1. The fourth-order valence-electron chi connectivity index (χ4n) is 2.57. The van der Waals surface area contributed by atoms with Crippen LogP contribution in [0.1, 0.15) is 10.4 Å². The topological polar surface area (TPSA) is 86.7 Å². The monoisotopic (exact) mass is 434 g/mol. The number of anilines is 2. The summed E-state index contributed by atoms with van der Waals surface area (Å²) in [6, 6.07) is 14.6. The van der Waals surface area contributed by atoms with Gasteiger partial charge in [0.05, 0.1) is 21.2 Å². The number of hydrogen-bond acceptors (Lipinski definition) is 4. The van der Waals surface area contributed by atoms with Crippen LogP contribution in [0.5, 0.6) is 5.75 Å². The van der Waals surface area contributed by atoms with Crippen molar-refractivity contribution in [2.24, 2.45) is 0 Å². The van der Waals surface area contributed by atoms with Crippen LogP contribution in [0.2, 0.25) is 5.02 Å². The highest BCUT2D eigenvalue weighted by Gasteiger charge is 2.24. The summed E-state index contributed by atoms with van der Waals surface area (Å²) < 4.78 is 40.0. The molecule has 150 valence electrons. The molecule has 0 fully saturated rings. The lowest BCUT2D eigenvalue weighted by Gasteiger charge is -2.20. The fraction of sp³-hybridized carbons (Fsp3) is 0.0500. The molecular weight excluding hydrogens is 419 g/mol. The quantitative estimate of drug-likeness (QED) is 0.628. The second kappa shape index (κ2) is 8.10. The molecule has 0 radical (unpaired) electrons. The smallest absolute Gasteiger partial charge is 0.264 e. The van der Waals surface area contributed by atoms with Gasteiger partial charge >= 0.3 is 0 Å². The zero-order valence-corrected chi connectivity index (χ0v) is 16.7. The second-order valence-electron chi connectivity index (χ2n) is 6.10. The van der Waals surface area contributed by atoms with Gasteiger partial charge in [0.25, 0.3) is 15.9 Å². The first-order valence-corrected chi connectivity index (χ1v) is 10.1. The number of carbonyl (C=O) groups is 1. The molecule has 0 aliphatic heterocycles. The zero-order chi connectivity index (χ0) is 21.2. The number of amides is 1. The lowest BCUT2D eigenvalue weighted by atomic mass is 10.2. The van der Waals surface area contributed by atoms with Gasteiger partial charge in [-0.2, -0.15) is 0 Å². The number of hydrogen-bond donors (Lipinski definition) is 2. The van der Waals surface area contributed by atoms with Crippen LogP contribution in [0.15, 0.2) is 71.6 Å². The van der Waals surface area contributed by atoms with E-state index >= 15 is 0 Å². The van der Waals surface area contributed by atoms with Gasteiger partial charge in [-0.3, -0.25) is 9.10 Å². The van der Waals surface area contributed by atoms with E-state index < -0.39 is 21.7 Å². The van der Waals surface area contributed by atoms with Gasteiger partial charge in [-0.05, 0) is 54.6 Å². The van der Waals surface area contributed by atoms with Crippen LogP contribution in [0, 0.1) is 5.82 Å². The van der Waals surface area contributed by atoms with E-state index in [-0.39, 0.29) is 26.9 Å². The summed E-state index contributed by atoms with van der Waals surface area (Å²) in [5.41, 5.74) is 0.526. The molecule has 0 aliphatic carbocycles. The Morgan fingerprint density at radius 2 is 1.76 bits per heavy atom. The van der Waals surface area contributed by atoms with Gasteiger partial charge in [0.15, 0.2) is 0 Å². The maximum atomic E-state index is 13.1. The summed E-state index contributed by atoms with van der Waals surface area (Å²) in [5.74, 6) is -1.16. The third kappa shape index (κ3) is 4.49. The molecular formula is C20H16ClFN2O4S. The van der Waals surface area contributed by atoms with E-state index in [1.165, 1.54) is 43.4 Å². The molecule has 2 N–H and O–H groups in total. The summed E-state index contributed by atoms with van der Waals surface area (Å²) in [7, 11) is -2.70. The van der Waals surface area contributed by atoms with Gasteiger partial charge in [-0.15, -0.1) is 0 Å². The van der Waals surface area contributed by atoms with Gasteiger partial charge < -0.3 is 10.4 Å². The highest BCUT2D eigenvalue weighted by molar-refractivity contribution is 7.92. The van der Waals surface area contributed by atoms with E-state index in [1.807, 2.05) is 0 Å². The van der Waals surface area contributed by atoms with Crippen LogP contribution in [-0.4, -0.2) is 26.5 Å². The van der Waals surface area contributed by atoms with Crippen molar-refractivity contribution in [2.45, 2.75) is 4.90 Å². The standard InChI is InChI=1S/C20H16ClFN2O4S/c1-24(15-7-5-13(22)6-8-15)29(27,28)17-9-10-19(21)18(12-17)20(26)23-14-3-2-4-16(25)11-14/h2-12,25H,1H3,(H,23,26). The number of nitrogens with one attached hydrogen (secondary N) is 1. The minimum absolute atomic E-state index is 0.0360. The van der Waals surface area contributed by atoms with Crippen LogP contribution >= 0.6 is 11.6 Å². The number of phenolic OH excluding ortho intramolecular Hbond substituents is 1. The maximum Gasteiger partial charge on any atom is 0.264 e. The van der Waals surface area contributed by atoms with Crippen LogP contribution in [0.3, 0.4) is 0 Å². The van der Waals surface area contributed by atoms with Gasteiger partial charge in [0.2, 0.25) is 0 Å². The number of aromatic hydroxyl groups is 1. The maximum absolute atomic E-state index is 13.1. The van der Waals surface area contributed by atoms with E-state index in [4.69, 9.17) is 11.6 Å². The highest BCUT2D eigenvalue weighted by Crippen LogP contribution is 2.27. The molecule has 3 aromatic rings. The van der Waals surface area contributed by atoms with Crippen molar-refractivity contribution in [3.05, 3.63) is 83.1 Å². The van der Waals surface area contributed by atoms with Crippen molar-refractivity contribution >= 4 is 38.9 Å². The first-order valence-electron chi connectivity index (χ1n) is 8.33. The van der Waals surface area contributed by atoms with E-state index in [1.54, 1.807) is 12.1 Å². The molecule has 3 rings (SSSR count). The van der Waals surface area contributed by atoms with E-state index in [9.17, 15) is 22.7 Å². The average molecular weight is 435 g/mol. The van der Waals surface area contributed by atoms with Crippen molar-refractivity contribution < 1.29 is 22.7 Å². The predicted molar refractivity (Wildman–Crippen MR) is 110 cm³/mol. The Morgan fingerprint density at radius 3 is 2.41 bits per heavy atom. The Kier molecular flexibility index (Phi) is 5.76. The molecule has 0 aromatic heterocycles. The van der Waals surface area contributed by atoms with Crippen LogP contribution in [0.4, 0.5) is 15.8 Å². The lowest BCUT2D eigenvalue weighted by Crippen LogP contribution is -2.27. The molecule has 1 amide bonds. The summed E-state index contributed by atoms with van der Waals surface area (Å²) in [6.07, 6.45) is 0. The molecule has 0 heterocycles. The lowest BCUT2D eigenvalue weighted by molar-refractivity contribution is 0.102. The molecule has 0 saturated carbocycles. The molecule has 0 atom stereocenters. The largest absolute Gasteiger partial charge is 0.508 e. The minimum atomic E-state index is -4.02. The molecule has 3 aromatic carbocycles. The summed E-state index contributed by atoms with van der Waals surface area (Å²) in [5, 5.41) is 12.1. The predicted octanol–water partition coefficient (Wildman–Crippen LogP) is 4.26. The normalized spacial score (nSPS) is 11.1. The average Bonchev–Trinajstić information content (AvgIpc) is 2.68. The van der Waals surface area contributed by atoms with Gasteiger partial charge in [0, 0.05) is 18.8 Å². The fourth-order valence-corrected chi connectivity index (χ4v) is 3.99. The molecule has 9 heteroatoms.